The summed E-state index contributed by atoms with van der Waals surface area (Å²) in [5.74, 6) is -0.504. The predicted octanol–water partition coefficient (Wildman–Crippen LogP) is 4.09. The Labute approximate surface area is 160 Å². The highest BCUT2D eigenvalue weighted by Crippen LogP contribution is 2.20. The maximum Gasteiger partial charge on any atom is 0.258 e. The van der Waals surface area contributed by atoms with Crippen LogP contribution in [0.3, 0.4) is 0 Å². The number of amides is 1. The molecule has 1 heterocycles. The molecule has 28 heavy (non-hydrogen) atoms. The van der Waals surface area contributed by atoms with Crippen LogP contribution in [0.2, 0.25) is 0 Å². The third kappa shape index (κ3) is 3.96. The number of hydrogen-bond acceptors (Lipinski definition) is 5. The van der Waals surface area contributed by atoms with Crippen molar-refractivity contribution in [2.24, 2.45) is 5.11 Å². The molecule has 0 saturated heterocycles. The van der Waals surface area contributed by atoms with E-state index >= 15 is 0 Å². The molecule has 142 valence electrons. The van der Waals surface area contributed by atoms with E-state index in [0.717, 1.165) is 5.69 Å². The molecule has 0 bridgehead atoms. The molecular weight excluding hydrogens is 361 g/mol. The number of benzene rings is 2. The lowest BCUT2D eigenvalue weighted by atomic mass is 10.1. The molecular formula is C20H18FN5O2. The molecule has 0 radical (unpaired) electrons. The Hall–Kier alpha value is -3.81. The van der Waals surface area contributed by atoms with E-state index in [1.165, 1.54) is 42.3 Å². The smallest absolute Gasteiger partial charge is 0.258 e. The molecule has 3 rings (SSSR count). The number of carbonyl (C=O) groups excluding carboxylic acids is 1. The van der Waals surface area contributed by atoms with Crippen LogP contribution in [0.15, 0.2) is 64.6 Å². The summed E-state index contributed by atoms with van der Waals surface area (Å²) >= 11 is 0. The minimum atomic E-state index is -0.429. The van der Waals surface area contributed by atoms with Crippen molar-refractivity contribution in [2.75, 3.05) is 17.3 Å². The summed E-state index contributed by atoms with van der Waals surface area (Å²) in [5, 5.41) is 6.89. The summed E-state index contributed by atoms with van der Waals surface area (Å²) in [6.45, 7) is 1.48. The second-order valence-corrected chi connectivity index (χ2v) is 6.15. The van der Waals surface area contributed by atoms with Gasteiger partial charge in [-0.25, -0.2) is 9.92 Å². The summed E-state index contributed by atoms with van der Waals surface area (Å²) in [4.78, 5) is 27.9. The molecule has 0 unspecified atom stereocenters. The minimum absolute atomic E-state index is 0.0807. The number of nitrogens with one attached hydrogen (secondary N) is 3. The largest absolute Gasteiger partial charge is 0.360 e. The average Bonchev–Trinajstić information content (AvgIpc) is 2.68. The summed E-state index contributed by atoms with van der Waals surface area (Å²) in [5.41, 5.74) is 9.13. The van der Waals surface area contributed by atoms with Crippen LogP contribution in [0.1, 0.15) is 12.5 Å². The van der Waals surface area contributed by atoms with Gasteiger partial charge in [-0.15, -0.1) is 0 Å². The first-order chi connectivity index (χ1) is 13.4. The number of anilines is 2. The lowest BCUT2D eigenvalue weighted by molar-refractivity contribution is -0.116. The number of aromatic amines is 1. The van der Waals surface area contributed by atoms with Crippen molar-refractivity contribution < 1.29 is 9.18 Å². The molecule has 8 heteroatoms. The van der Waals surface area contributed by atoms with E-state index in [1.807, 2.05) is 0 Å². The van der Waals surface area contributed by atoms with Gasteiger partial charge in [0.2, 0.25) is 5.91 Å². The van der Waals surface area contributed by atoms with Crippen LogP contribution in [0.25, 0.3) is 16.6 Å². The Balaban J connectivity index is 1.89. The van der Waals surface area contributed by atoms with E-state index in [0.29, 0.717) is 16.6 Å². The van der Waals surface area contributed by atoms with Gasteiger partial charge in [0.25, 0.3) is 5.56 Å². The van der Waals surface area contributed by atoms with Crippen molar-refractivity contribution in [2.45, 2.75) is 6.92 Å². The Morgan fingerprint density at radius 2 is 1.93 bits per heavy atom. The highest BCUT2D eigenvalue weighted by atomic mass is 19.1. The van der Waals surface area contributed by atoms with Crippen LogP contribution in [-0.4, -0.2) is 17.9 Å². The number of carbonyl (C=O) groups is 1. The fourth-order valence-electron chi connectivity index (χ4n) is 2.65. The number of halogens is 1. The van der Waals surface area contributed by atoms with Gasteiger partial charge in [-0.1, -0.05) is 0 Å². The van der Waals surface area contributed by atoms with Gasteiger partial charge in [0, 0.05) is 42.4 Å². The third-order valence-corrected chi connectivity index (χ3v) is 4.31. The van der Waals surface area contributed by atoms with Crippen molar-refractivity contribution in [3.05, 3.63) is 76.5 Å². The summed E-state index contributed by atoms with van der Waals surface area (Å²) < 4.78 is 13.5. The number of hydrogen-bond donors (Lipinski definition) is 3. The van der Waals surface area contributed by atoms with Gasteiger partial charge in [0.05, 0.1) is 5.56 Å². The SMILES string of the molecule is CC(=O)N(C)c1ccc(N/C=C(\N=N)c2cc3cc(F)ccc3[nH]c2=O)cc1. The zero-order chi connectivity index (χ0) is 20.3. The van der Waals surface area contributed by atoms with E-state index in [4.69, 9.17) is 5.53 Å². The second-order valence-electron chi connectivity index (χ2n) is 6.15. The number of rotatable bonds is 5. The Kier molecular flexibility index (Phi) is 5.30. The average molecular weight is 379 g/mol. The van der Waals surface area contributed by atoms with Crippen LogP contribution in [0.4, 0.5) is 15.8 Å². The fourth-order valence-corrected chi connectivity index (χ4v) is 2.65. The van der Waals surface area contributed by atoms with Gasteiger partial charge in [0.15, 0.2) is 0 Å². The van der Waals surface area contributed by atoms with E-state index in [9.17, 15) is 14.0 Å². The molecule has 0 aliphatic rings. The summed E-state index contributed by atoms with van der Waals surface area (Å²) in [6, 6.07) is 12.6. The van der Waals surface area contributed by atoms with Crippen LogP contribution < -0.4 is 15.8 Å². The Bertz CT molecular complexity index is 1140. The zero-order valence-electron chi connectivity index (χ0n) is 15.3. The number of nitrogens with zero attached hydrogens (tertiary/aromatic N) is 2. The third-order valence-electron chi connectivity index (χ3n) is 4.31. The highest BCUT2D eigenvalue weighted by molar-refractivity contribution is 5.91. The molecule has 0 atom stereocenters. The predicted molar refractivity (Wildman–Crippen MR) is 107 cm³/mol. The molecule has 0 saturated carbocycles. The van der Waals surface area contributed by atoms with Crippen LogP contribution in [-0.2, 0) is 4.79 Å². The minimum Gasteiger partial charge on any atom is -0.360 e. The zero-order valence-corrected chi connectivity index (χ0v) is 15.3. The van der Waals surface area contributed by atoms with Crippen LogP contribution in [0, 0.1) is 11.3 Å². The first kappa shape index (κ1) is 19.0. The first-order valence-electron chi connectivity index (χ1n) is 8.40. The van der Waals surface area contributed by atoms with Gasteiger partial charge in [0.1, 0.15) is 11.5 Å². The van der Waals surface area contributed by atoms with Gasteiger partial charge in [-0.2, -0.15) is 5.11 Å². The number of fused-ring (bicyclic) bond motifs is 1. The second kappa shape index (κ2) is 7.83. The molecule has 0 aliphatic carbocycles. The molecule has 1 amide bonds. The van der Waals surface area contributed by atoms with Gasteiger partial charge in [-0.05, 0) is 48.5 Å². The molecule has 2 aromatic carbocycles. The molecule has 0 fully saturated rings. The Morgan fingerprint density at radius 1 is 1.21 bits per heavy atom. The van der Waals surface area contributed by atoms with Gasteiger partial charge >= 0.3 is 0 Å². The number of H-pyrrole nitrogens is 1. The standard InChI is InChI=1S/C20H18FN5O2/c1-12(27)26(2)16-6-4-15(5-7-16)23-11-19(25-22)17-10-13-9-14(21)3-8-18(13)24-20(17)28/h3-11,22-23H,1-2H3,(H,24,28)/b19-11-,25-22?. The van der Waals surface area contributed by atoms with Crippen LogP contribution >= 0.6 is 0 Å². The highest BCUT2D eigenvalue weighted by Gasteiger charge is 2.09. The van der Waals surface area contributed by atoms with Gasteiger partial charge < -0.3 is 15.2 Å². The van der Waals surface area contributed by atoms with Crippen LogP contribution in [0.5, 0.6) is 0 Å². The summed E-state index contributed by atoms with van der Waals surface area (Å²) in [7, 11) is 1.68. The van der Waals surface area contributed by atoms with E-state index in [1.54, 1.807) is 31.3 Å². The molecule has 3 aromatic rings. The first-order valence-corrected chi connectivity index (χ1v) is 8.40. The van der Waals surface area contributed by atoms with Crippen molar-refractivity contribution in [3.63, 3.8) is 0 Å². The molecule has 1 aromatic heterocycles. The van der Waals surface area contributed by atoms with Crippen molar-refractivity contribution >= 4 is 33.9 Å². The van der Waals surface area contributed by atoms with E-state index in [-0.39, 0.29) is 17.2 Å². The molecule has 0 spiro atoms. The normalized spacial score (nSPS) is 11.3. The maximum absolute atomic E-state index is 13.5. The van der Waals surface area contributed by atoms with E-state index < -0.39 is 11.4 Å². The van der Waals surface area contributed by atoms with Crippen molar-refractivity contribution in [1.82, 2.24) is 4.98 Å². The number of aromatic nitrogens is 1. The summed E-state index contributed by atoms with van der Waals surface area (Å²) in [6.07, 6.45) is 1.42. The van der Waals surface area contributed by atoms with Crippen molar-refractivity contribution in [1.29, 1.82) is 5.53 Å². The molecule has 0 aliphatic heterocycles. The maximum atomic E-state index is 13.5. The molecule has 3 N–H and O–H groups in total. The lowest BCUT2D eigenvalue weighted by Crippen LogP contribution is -2.22. The van der Waals surface area contributed by atoms with E-state index in [2.05, 4.69) is 15.4 Å². The topological polar surface area (TPSA) is 101 Å². The Morgan fingerprint density at radius 3 is 2.57 bits per heavy atom. The number of pyridine rings is 1. The fraction of sp³-hybridized carbons (Fsp3) is 0.100. The lowest BCUT2D eigenvalue weighted by Gasteiger charge is -2.15. The molecule has 7 nitrogen and oxygen atoms in total. The quantitative estimate of drug-likeness (QED) is 0.582. The van der Waals surface area contributed by atoms with Gasteiger partial charge in [-0.3, -0.25) is 9.59 Å². The monoisotopic (exact) mass is 379 g/mol. The van der Waals surface area contributed by atoms with Crippen molar-refractivity contribution in [3.8, 4) is 0 Å².